The van der Waals surface area contributed by atoms with Crippen molar-refractivity contribution in [2.45, 2.75) is 6.41 Å². The van der Waals surface area contributed by atoms with Gasteiger partial charge in [-0.15, -0.1) is 0 Å². The van der Waals surface area contributed by atoms with Crippen LogP contribution in [0.1, 0.15) is 0 Å². The molecule has 0 aliphatic rings. The SMILES string of the molecule is COc1ccc(OC(O)NN)cc1OC. The summed E-state index contributed by atoms with van der Waals surface area (Å²) >= 11 is 0. The summed E-state index contributed by atoms with van der Waals surface area (Å²) in [4.78, 5) is 0. The third-order valence-electron chi connectivity index (χ3n) is 1.75. The van der Waals surface area contributed by atoms with Gasteiger partial charge in [-0.2, -0.15) is 5.43 Å². The largest absolute Gasteiger partial charge is 0.493 e. The lowest BCUT2D eigenvalue weighted by atomic mass is 10.3. The van der Waals surface area contributed by atoms with E-state index in [2.05, 4.69) is 0 Å². The fraction of sp³-hybridized carbons (Fsp3) is 0.333. The highest BCUT2D eigenvalue weighted by molar-refractivity contribution is 5.45. The number of hydrogen-bond donors (Lipinski definition) is 3. The Balaban J connectivity index is 2.83. The van der Waals surface area contributed by atoms with E-state index in [-0.39, 0.29) is 0 Å². The molecule has 1 unspecified atom stereocenters. The lowest BCUT2D eigenvalue weighted by Gasteiger charge is -2.13. The Morgan fingerprint density at radius 1 is 1.27 bits per heavy atom. The zero-order valence-corrected chi connectivity index (χ0v) is 8.56. The minimum Gasteiger partial charge on any atom is -0.493 e. The monoisotopic (exact) mass is 214 g/mol. The summed E-state index contributed by atoms with van der Waals surface area (Å²) in [5, 5.41) is 9.07. The molecule has 0 amide bonds. The van der Waals surface area contributed by atoms with E-state index in [0.717, 1.165) is 0 Å². The lowest BCUT2D eigenvalue weighted by Crippen LogP contribution is -2.39. The molecule has 0 heterocycles. The predicted molar refractivity (Wildman–Crippen MR) is 53.5 cm³/mol. The first kappa shape index (κ1) is 11.6. The van der Waals surface area contributed by atoms with Crippen LogP contribution in [0.15, 0.2) is 18.2 Å². The smallest absolute Gasteiger partial charge is 0.269 e. The van der Waals surface area contributed by atoms with E-state index in [1.54, 1.807) is 18.2 Å². The van der Waals surface area contributed by atoms with Crippen LogP contribution in [0.5, 0.6) is 17.2 Å². The number of methoxy groups -OCH3 is 2. The molecular weight excluding hydrogens is 200 g/mol. The number of nitrogens with two attached hydrogens (primary N) is 1. The third-order valence-corrected chi connectivity index (χ3v) is 1.75. The average molecular weight is 214 g/mol. The highest BCUT2D eigenvalue weighted by Crippen LogP contribution is 2.30. The number of nitrogens with one attached hydrogen (secondary N) is 1. The quantitative estimate of drug-likeness (QED) is 0.358. The number of hydrogen-bond acceptors (Lipinski definition) is 6. The number of aliphatic hydroxyl groups excluding tert-OH is 1. The molecule has 0 aromatic heterocycles. The number of benzene rings is 1. The number of rotatable bonds is 5. The standard InChI is InChI=1S/C9H14N2O4/c1-13-7-4-3-6(5-8(7)14-2)15-9(12)11-10/h3-5,9,11-12H,10H2,1-2H3. The molecule has 84 valence electrons. The maximum absolute atomic E-state index is 9.07. The molecule has 1 atom stereocenters. The van der Waals surface area contributed by atoms with Crippen LogP contribution in [-0.2, 0) is 0 Å². The van der Waals surface area contributed by atoms with Gasteiger partial charge in [-0.3, -0.25) is 5.84 Å². The van der Waals surface area contributed by atoms with Crippen LogP contribution in [0.2, 0.25) is 0 Å². The summed E-state index contributed by atoms with van der Waals surface area (Å²) < 4.78 is 15.1. The summed E-state index contributed by atoms with van der Waals surface area (Å²) in [7, 11) is 3.05. The second kappa shape index (κ2) is 5.40. The maximum atomic E-state index is 9.07. The summed E-state index contributed by atoms with van der Waals surface area (Å²) in [5.41, 5.74) is 2.04. The Kier molecular flexibility index (Phi) is 4.17. The van der Waals surface area contributed by atoms with Gasteiger partial charge in [0.15, 0.2) is 11.5 Å². The normalized spacial score (nSPS) is 12.0. The van der Waals surface area contributed by atoms with Crippen molar-refractivity contribution in [3.8, 4) is 17.2 Å². The van der Waals surface area contributed by atoms with Gasteiger partial charge in [-0.1, -0.05) is 0 Å². The predicted octanol–water partition coefficient (Wildman–Crippen LogP) is -0.178. The molecule has 1 aromatic carbocycles. The van der Waals surface area contributed by atoms with Crippen molar-refractivity contribution in [3.05, 3.63) is 18.2 Å². The van der Waals surface area contributed by atoms with Crippen molar-refractivity contribution in [2.75, 3.05) is 14.2 Å². The van der Waals surface area contributed by atoms with Gasteiger partial charge in [0, 0.05) is 6.07 Å². The van der Waals surface area contributed by atoms with Crippen molar-refractivity contribution < 1.29 is 19.3 Å². The highest BCUT2D eigenvalue weighted by Gasteiger charge is 2.07. The van der Waals surface area contributed by atoms with E-state index in [0.29, 0.717) is 17.2 Å². The van der Waals surface area contributed by atoms with Crippen molar-refractivity contribution in [1.29, 1.82) is 0 Å². The Hall–Kier alpha value is -1.50. The first-order valence-electron chi connectivity index (χ1n) is 4.24. The average Bonchev–Trinajstić information content (AvgIpc) is 2.28. The molecule has 0 radical (unpaired) electrons. The van der Waals surface area contributed by atoms with E-state index in [9.17, 15) is 0 Å². The van der Waals surface area contributed by atoms with Crippen molar-refractivity contribution >= 4 is 0 Å². The molecule has 0 saturated heterocycles. The zero-order valence-electron chi connectivity index (χ0n) is 8.56. The Labute approximate surface area is 87.5 Å². The molecule has 0 saturated carbocycles. The van der Waals surface area contributed by atoms with Gasteiger partial charge < -0.3 is 19.3 Å². The van der Waals surface area contributed by atoms with E-state index >= 15 is 0 Å². The summed E-state index contributed by atoms with van der Waals surface area (Å²) in [6, 6.07) is 4.87. The number of ether oxygens (including phenoxy) is 3. The molecular formula is C9H14N2O4. The van der Waals surface area contributed by atoms with Gasteiger partial charge in [0.05, 0.1) is 14.2 Å². The van der Waals surface area contributed by atoms with Crippen LogP contribution in [0.4, 0.5) is 0 Å². The molecule has 6 nitrogen and oxygen atoms in total. The van der Waals surface area contributed by atoms with Gasteiger partial charge in [-0.05, 0) is 12.1 Å². The van der Waals surface area contributed by atoms with E-state index in [4.69, 9.17) is 25.2 Å². The Morgan fingerprint density at radius 3 is 2.47 bits per heavy atom. The van der Waals surface area contributed by atoms with Gasteiger partial charge in [-0.25, -0.2) is 0 Å². The summed E-state index contributed by atoms with van der Waals surface area (Å²) in [6.45, 7) is 0. The molecule has 1 rings (SSSR count). The van der Waals surface area contributed by atoms with Crippen molar-refractivity contribution in [3.63, 3.8) is 0 Å². The van der Waals surface area contributed by atoms with Gasteiger partial charge >= 0.3 is 0 Å². The Bertz CT molecular complexity index is 319. The van der Waals surface area contributed by atoms with Crippen LogP contribution in [-0.4, -0.2) is 25.7 Å². The molecule has 1 aromatic rings. The molecule has 0 aliphatic carbocycles. The van der Waals surface area contributed by atoms with Crippen LogP contribution in [0, 0.1) is 0 Å². The lowest BCUT2D eigenvalue weighted by molar-refractivity contribution is -0.0439. The molecule has 15 heavy (non-hydrogen) atoms. The summed E-state index contributed by atoms with van der Waals surface area (Å²) in [6.07, 6.45) is -1.26. The minimum atomic E-state index is -1.26. The van der Waals surface area contributed by atoms with Gasteiger partial charge in [0.2, 0.25) is 0 Å². The number of hydrazine groups is 1. The fourth-order valence-electron chi connectivity index (χ4n) is 1.05. The van der Waals surface area contributed by atoms with E-state index < -0.39 is 6.41 Å². The van der Waals surface area contributed by atoms with E-state index in [1.165, 1.54) is 14.2 Å². The van der Waals surface area contributed by atoms with Crippen LogP contribution in [0.25, 0.3) is 0 Å². The Morgan fingerprint density at radius 2 is 1.93 bits per heavy atom. The minimum absolute atomic E-state index is 0.415. The van der Waals surface area contributed by atoms with E-state index in [1.807, 2.05) is 5.43 Å². The first-order valence-corrected chi connectivity index (χ1v) is 4.24. The molecule has 6 heteroatoms. The maximum Gasteiger partial charge on any atom is 0.269 e. The first-order chi connectivity index (χ1) is 7.21. The van der Waals surface area contributed by atoms with Gasteiger partial charge in [0.25, 0.3) is 6.41 Å². The molecule has 0 aliphatic heterocycles. The van der Waals surface area contributed by atoms with Crippen LogP contribution >= 0.6 is 0 Å². The molecule has 0 spiro atoms. The fourth-order valence-corrected chi connectivity index (χ4v) is 1.05. The van der Waals surface area contributed by atoms with Crippen LogP contribution < -0.4 is 25.5 Å². The number of aliphatic hydroxyl groups is 1. The molecule has 0 fully saturated rings. The van der Waals surface area contributed by atoms with Crippen LogP contribution in [0.3, 0.4) is 0 Å². The molecule has 0 bridgehead atoms. The second-order valence-corrected chi connectivity index (χ2v) is 2.65. The van der Waals surface area contributed by atoms with Gasteiger partial charge in [0.1, 0.15) is 5.75 Å². The summed E-state index contributed by atoms with van der Waals surface area (Å²) in [5.74, 6) is 6.48. The second-order valence-electron chi connectivity index (χ2n) is 2.65. The molecule has 4 N–H and O–H groups in total. The third kappa shape index (κ3) is 2.98. The zero-order chi connectivity index (χ0) is 11.3. The highest BCUT2D eigenvalue weighted by atomic mass is 16.6. The topological polar surface area (TPSA) is 86.0 Å². The van der Waals surface area contributed by atoms with Crippen molar-refractivity contribution in [2.24, 2.45) is 5.84 Å². The van der Waals surface area contributed by atoms with Crippen molar-refractivity contribution in [1.82, 2.24) is 5.43 Å².